The van der Waals surface area contributed by atoms with Crippen LogP contribution in [0.3, 0.4) is 0 Å². The lowest BCUT2D eigenvalue weighted by atomic mass is 9.81. The number of fused-ring (bicyclic) bond motifs is 5. The Kier molecular flexibility index (Phi) is 3.70. The predicted octanol–water partition coefficient (Wildman–Crippen LogP) is 2.47. The maximum atomic E-state index is 13.0. The lowest BCUT2D eigenvalue weighted by Crippen LogP contribution is -2.51. The van der Waals surface area contributed by atoms with E-state index in [4.69, 9.17) is 0 Å². The zero-order valence-corrected chi connectivity index (χ0v) is 14.2. The summed E-state index contributed by atoms with van der Waals surface area (Å²) >= 11 is 0. The van der Waals surface area contributed by atoms with Crippen molar-refractivity contribution >= 4 is 11.8 Å². The maximum absolute atomic E-state index is 13.0. The van der Waals surface area contributed by atoms with E-state index in [0.29, 0.717) is 29.9 Å². The van der Waals surface area contributed by atoms with Crippen LogP contribution in [0.2, 0.25) is 0 Å². The fraction of sp³-hybridized carbons (Fsp3) is 0.500. The quantitative estimate of drug-likeness (QED) is 0.869. The highest BCUT2D eigenvalue weighted by molar-refractivity contribution is 5.98. The van der Waals surface area contributed by atoms with Gasteiger partial charge in [-0.15, -0.1) is 0 Å². The Morgan fingerprint density at radius 1 is 1.12 bits per heavy atom. The van der Waals surface area contributed by atoms with E-state index in [9.17, 15) is 9.59 Å². The molecule has 2 fully saturated rings. The Balaban J connectivity index is 1.65. The first-order valence-corrected chi connectivity index (χ1v) is 8.91. The van der Waals surface area contributed by atoms with E-state index in [1.54, 1.807) is 0 Å². The third-order valence-corrected chi connectivity index (χ3v) is 5.78. The molecule has 24 heavy (non-hydrogen) atoms. The first kappa shape index (κ1) is 15.4. The molecule has 2 amide bonds. The van der Waals surface area contributed by atoms with Crippen LogP contribution in [0.15, 0.2) is 42.5 Å². The number of benzene rings is 1. The van der Waals surface area contributed by atoms with Crippen molar-refractivity contribution in [3.05, 3.63) is 48.0 Å². The van der Waals surface area contributed by atoms with E-state index in [-0.39, 0.29) is 29.8 Å². The van der Waals surface area contributed by atoms with Crippen LogP contribution in [0.5, 0.6) is 0 Å². The van der Waals surface area contributed by atoms with Crippen LogP contribution >= 0.6 is 0 Å². The number of carbonyl (C=O) groups excluding carboxylic acids is 2. The fourth-order valence-electron chi connectivity index (χ4n) is 4.88. The van der Waals surface area contributed by atoms with Gasteiger partial charge in [0.05, 0.1) is 0 Å². The molecule has 1 aromatic carbocycles. The first-order valence-electron chi connectivity index (χ1n) is 8.91. The molecule has 2 bridgehead atoms. The molecule has 5 atom stereocenters. The summed E-state index contributed by atoms with van der Waals surface area (Å²) in [5, 5.41) is 3.04. The molecule has 1 saturated carbocycles. The molecule has 1 aliphatic heterocycles. The minimum absolute atomic E-state index is 0.00253. The second-order valence-corrected chi connectivity index (χ2v) is 7.62. The molecule has 0 radical (unpaired) electrons. The molecule has 4 rings (SSSR count). The van der Waals surface area contributed by atoms with Gasteiger partial charge < -0.3 is 10.2 Å². The van der Waals surface area contributed by atoms with Gasteiger partial charge in [-0.3, -0.25) is 9.59 Å². The van der Waals surface area contributed by atoms with Crippen LogP contribution in [0, 0.1) is 23.7 Å². The van der Waals surface area contributed by atoms with Crippen molar-refractivity contribution in [1.82, 2.24) is 10.2 Å². The standard InChI is InChI=1S/C20H24N2O2/c1-12(2)21-19(23)18-17-15-9-8-14(10-15)16(17)11-22(18)20(24)13-6-4-3-5-7-13/h3-9,12,14-18H,10-11H2,1-2H3,(H,21,23)/t14-,15+,16-,17+,18+/m1/s1. The fourth-order valence-corrected chi connectivity index (χ4v) is 4.88. The number of amides is 2. The van der Waals surface area contributed by atoms with Crippen LogP contribution in [0.4, 0.5) is 0 Å². The molecule has 0 aromatic heterocycles. The van der Waals surface area contributed by atoms with Crippen LogP contribution in [0.1, 0.15) is 30.6 Å². The van der Waals surface area contributed by atoms with Crippen LogP contribution < -0.4 is 5.32 Å². The Bertz CT molecular complexity index is 682. The summed E-state index contributed by atoms with van der Waals surface area (Å²) in [6.07, 6.45) is 5.70. The van der Waals surface area contributed by atoms with E-state index in [1.165, 1.54) is 0 Å². The summed E-state index contributed by atoms with van der Waals surface area (Å²) in [4.78, 5) is 27.8. The Morgan fingerprint density at radius 3 is 2.54 bits per heavy atom. The lowest BCUT2D eigenvalue weighted by molar-refractivity contribution is -0.126. The SMILES string of the molecule is CC(C)NC(=O)[C@@H]1[C@@H]2[C@H](CN1C(=O)c1ccccc1)[C@@H]1C=C[C@H]2C1. The van der Waals surface area contributed by atoms with Gasteiger partial charge in [0.2, 0.25) is 5.91 Å². The van der Waals surface area contributed by atoms with Crippen molar-refractivity contribution in [1.29, 1.82) is 0 Å². The molecule has 1 heterocycles. The number of likely N-dealkylation sites (tertiary alicyclic amines) is 1. The highest BCUT2D eigenvalue weighted by Gasteiger charge is 2.57. The Labute approximate surface area is 142 Å². The van der Waals surface area contributed by atoms with E-state index in [0.717, 1.165) is 6.42 Å². The molecule has 1 saturated heterocycles. The van der Waals surface area contributed by atoms with E-state index in [2.05, 4.69) is 17.5 Å². The molecule has 4 nitrogen and oxygen atoms in total. The second kappa shape index (κ2) is 5.76. The zero-order chi connectivity index (χ0) is 16.8. The summed E-state index contributed by atoms with van der Waals surface area (Å²) < 4.78 is 0. The van der Waals surface area contributed by atoms with Crippen LogP contribution in [-0.2, 0) is 4.79 Å². The third-order valence-electron chi connectivity index (χ3n) is 5.78. The van der Waals surface area contributed by atoms with Crippen LogP contribution in [-0.4, -0.2) is 35.3 Å². The molecule has 1 aromatic rings. The average molecular weight is 324 g/mol. The van der Waals surface area contributed by atoms with Gasteiger partial charge in [0.15, 0.2) is 0 Å². The minimum Gasteiger partial charge on any atom is -0.352 e. The molecule has 4 heteroatoms. The van der Waals surface area contributed by atoms with Gasteiger partial charge in [-0.25, -0.2) is 0 Å². The maximum Gasteiger partial charge on any atom is 0.254 e. The average Bonchev–Trinajstić information content (AvgIpc) is 3.25. The first-order chi connectivity index (χ1) is 11.6. The van der Waals surface area contributed by atoms with E-state index in [1.807, 2.05) is 49.1 Å². The summed E-state index contributed by atoms with van der Waals surface area (Å²) in [7, 11) is 0. The number of carbonyl (C=O) groups is 2. The number of allylic oxidation sites excluding steroid dienone is 2. The third kappa shape index (κ3) is 2.36. The molecule has 126 valence electrons. The topological polar surface area (TPSA) is 49.4 Å². The number of rotatable bonds is 3. The summed E-state index contributed by atoms with van der Waals surface area (Å²) in [6.45, 7) is 4.63. The molecular weight excluding hydrogens is 300 g/mol. The van der Waals surface area contributed by atoms with Gasteiger partial charge in [-0.1, -0.05) is 30.4 Å². The lowest BCUT2D eigenvalue weighted by Gasteiger charge is -2.30. The van der Waals surface area contributed by atoms with Gasteiger partial charge in [-0.2, -0.15) is 0 Å². The van der Waals surface area contributed by atoms with Crippen molar-refractivity contribution in [2.24, 2.45) is 23.7 Å². The number of nitrogens with one attached hydrogen (secondary N) is 1. The summed E-state index contributed by atoms with van der Waals surface area (Å²) in [5.74, 6) is 1.65. The molecule has 3 aliphatic rings. The summed E-state index contributed by atoms with van der Waals surface area (Å²) in [6, 6.07) is 9.06. The predicted molar refractivity (Wildman–Crippen MR) is 92.3 cm³/mol. The van der Waals surface area contributed by atoms with Crippen molar-refractivity contribution in [2.75, 3.05) is 6.54 Å². The van der Waals surface area contributed by atoms with Crippen molar-refractivity contribution in [3.63, 3.8) is 0 Å². The number of hydrogen-bond donors (Lipinski definition) is 1. The van der Waals surface area contributed by atoms with Gasteiger partial charge >= 0.3 is 0 Å². The van der Waals surface area contributed by atoms with Crippen molar-refractivity contribution in [3.8, 4) is 0 Å². The smallest absolute Gasteiger partial charge is 0.254 e. The van der Waals surface area contributed by atoms with Gasteiger partial charge in [-0.05, 0) is 56.1 Å². The Morgan fingerprint density at radius 2 is 1.83 bits per heavy atom. The minimum atomic E-state index is -0.343. The number of hydrogen-bond acceptors (Lipinski definition) is 2. The zero-order valence-electron chi connectivity index (χ0n) is 14.2. The largest absolute Gasteiger partial charge is 0.352 e. The molecular formula is C20H24N2O2. The Hall–Kier alpha value is -2.10. The molecule has 0 spiro atoms. The van der Waals surface area contributed by atoms with Gasteiger partial charge in [0.25, 0.3) is 5.91 Å². The van der Waals surface area contributed by atoms with E-state index >= 15 is 0 Å². The van der Waals surface area contributed by atoms with Gasteiger partial charge in [0.1, 0.15) is 6.04 Å². The monoisotopic (exact) mass is 324 g/mol. The highest BCUT2D eigenvalue weighted by Crippen LogP contribution is 2.54. The number of nitrogens with zero attached hydrogens (tertiary/aromatic N) is 1. The normalized spacial score (nSPS) is 33.1. The van der Waals surface area contributed by atoms with E-state index < -0.39 is 0 Å². The van der Waals surface area contributed by atoms with Crippen molar-refractivity contribution in [2.45, 2.75) is 32.4 Å². The molecule has 2 aliphatic carbocycles. The van der Waals surface area contributed by atoms with Crippen molar-refractivity contribution < 1.29 is 9.59 Å². The highest BCUT2D eigenvalue weighted by atomic mass is 16.2. The summed E-state index contributed by atoms with van der Waals surface area (Å²) in [5.41, 5.74) is 0.667. The second-order valence-electron chi connectivity index (χ2n) is 7.62. The molecule has 1 N–H and O–H groups in total. The van der Waals surface area contributed by atoms with Crippen LogP contribution in [0.25, 0.3) is 0 Å². The molecule has 0 unspecified atom stereocenters. The van der Waals surface area contributed by atoms with Gasteiger partial charge in [0, 0.05) is 18.2 Å².